The molecule has 4 bridgehead atoms. The van der Waals surface area contributed by atoms with Crippen molar-refractivity contribution < 1.29 is 9.18 Å². The lowest BCUT2D eigenvalue weighted by atomic mass is 9.48. The number of amides is 1. The van der Waals surface area contributed by atoms with Crippen LogP contribution in [0.3, 0.4) is 0 Å². The number of nitrogens with one attached hydrogen (secondary N) is 1. The number of rotatable bonds is 6. The Balaban J connectivity index is 1.22. The molecule has 0 unspecified atom stereocenters. The Morgan fingerprint density at radius 2 is 1.62 bits per heavy atom. The summed E-state index contributed by atoms with van der Waals surface area (Å²) in [7, 11) is 0. The molecule has 0 atom stereocenters. The second-order valence-corrected chi connectivity index (χ2v) is 12.4. The second-order valence-electron chi connectivity index (χ2n) is 11.5. The Morgan fingerprint density at radius 3 is 2.28 bits per heavy atom. The molecule has 2 aromatic heterocycles. The topological polar surface area (TPSA) is 64.7 Å². The van der Waals surface area contributed by atoms with Crippen molar-refractivity contribution in [3.63, 3.8) is 0 Å². The van der Waals surface area contributed by atoms with Crippen LogP contribution in [-0.2, 0) is 12.0 Å². The number of carbonyl (C=O) groups is 1. The average molecular weight is 564 g/mol. The third-order valence-corrected chi connectivity index (χ3v) is 9.48. The molecule has 4 aliphatic rings. The Hall–Kier alpha value is -3.16. The van der Waals surface area contributed by atoms with Crippen LogP contribution in [0.15, 0.2) is 60.9 Å². The van der Waals surface area contributed by atoms with Crippen LogP contribution in [0.5, 0.6) is 0 Å². The molecule has 1 N–H and O–H groups in total. The van der Waals surface area contributed by atoms with Gasteiger partial charge < -0.3 is 5.32 Å². The average Bonchev–Trinajstić information content (AvgIpc) is 3.51. The van der Waals surface area contributed by atoms with Gasteiger partial charge in [-0.2, -0.15) is 10.2 Å². The van der Waals surface area contributed by atoms with E-state index in [0.29, 0.717) is 33.9 Å². The highest BCUT2D eigenvalue weighted by molar-refractivity contribution is 6.33. The number of nitrogens with zero attached hydrogens (tertiary/aromatic N) is 4. The molecule has 0 aliphatic heterocycles. The van der Waals surface area contributed by atoms with Crippen molar-refractivity contribution in [1.29, 1.82) is 0 Å². The lowest BCUT2D eigenvalue weighted by Gasteiger charge is -2.56. The van der Waals surface area contributed by atoms with Gasteiger partial charge >= 0.3 is 0 Å². The van der Waals surface area contributed by atoms with E-state index >= 15 is 0 Å². The van der Waals surface area contributed by atoms with Crippen LogP contribution >= 0.6 is 23.2 Å². The zero-order chi connectivity index (χ0) is 26.7. The summed E-state index contributed by atoms with van der Waals surface area (Å²) in [6.45, 7) is 0.0889. The Labute approximate surface area is 236 Å². The maximum absolute atomic E-state index is 14.3. The fraction of sp³-hybridized carbons (Fsp3) is 0.367. The van der Waals surface area contributed by atoms with Crippen LogP contribution in [0.25, 0.3) is 5.69 Å². The molecule has 8 rings (SSSR count). The molecule has 4 fully saturated rings. The van der Waals surface area contributed by atoms with Gasteiger partial charge in [-0.15, -0.1) is 0 Å². The zero-order valence-corrected chi connectivity index (χ0v) is 22.8. The van der Waals surface area contributed by atoms with Crippen molar-refractivity contribution in [3.05, 3.63) is 93.6 Å². The summed E-state index contributed by atoms with van der Waals surface area (Å²) in [6.07, 6.45) is 10.6. The van der Waals surface area contributed by atoms with Crippen LogP contribution < -0.4 is 5.32 Å². The predicted octanol–water partition coefficient (Wildman–Crippen LogP) is 7.28. The summed E-state index contributed by atoms with van der Waals surface area (Å²) in [5, 5.41) is 13.0. The van der Waals surface area contributed by atoms with Gasteiger partial charge in [-0.25, -0.2) is 9.07 Å². The number of hydrogen-bond donors (Lipinski definition) is 1. The van der Waals surface area contributed by atoms with Crippen LogP contribution in [0.2, 0.25) is 10.0 Å². The fourth-order valence-corrected chi connectivity index (χ4v) is 8.05. The van der Waals surface area contributed by atoms with Crippen molar-refractivity contribution in [2.75, 3.05) is 5.32 Å². The van der Waals surface area contributed by atoms with Gasteiger partial charge in [-0.1, -0.05) is 47.5 Å². The molecule has 0 spiro atoms. The number of halogens is 3. The lowest BCUT2D eigenvalue weighted by molar-refractivity contribution is -0.00765. The van der Waals surface area contributed by atoms with Crippen LogP contribution in [-0.4, -0.2) is 25.5 Å². The first-order chi connectivity index (χ1) is 18.9. The quantitative estimate of drug-likeness (QED) is 0.268. The van der Waals surface area contributed by atoms with Gasteiger partial charge in [0.2, 0.25) is 0 Å². The lowest BCUT2D eigenvalue weighted by Crippen LogP contribution is -2.49. The first-order valence-corrected chi connectivity index (χ1v) is 14.3. The predicted molar refractivity (Wildman–Crippen MR) is 149 cm³/mol. The molecule has 4 aliphatic carbocycles. The van der Waals surface area contributed by atoms with Crippen LogP contribution in [0.4, 0.5) is 10.2 Å². The summed E-state index contributed by atoms with van der Waals surface area (Å²) < 4.78 is 17.6. The smallest absolute Gasteiger partial charge is 0.260 e. The minimum atomic E-state index is -0.423. The summed E-state index contributed by atoms with van der Waals surface area (Å²) in [6, 6.07) is 14.4. The van der Waals surface area contributed by atoms with Gasteiger partial charge in [0, 0.05) is 28.4 Å². The van der Waals surface area contributed by atoms with E-state index in [2.05, 4.69) is 10.4 Å². The Morgan fingerprint density at radius 1 is 0.923 bits per heavy atom. The standard InChI is InChI=1S/C30H28Cl2FN5O/c31-24-7-4-8-26(33)22(24)15-37-17-25(32)28(36-37)34-29(39)23-16-38(21-5-2-1-3-6-21)35-27(23)30-12-18-9-19(13-30)11-20(10-18)14-30/h1-8,16-20H,9-15H2,(H,34,36,39). The highest BCUT2D eigenvalue weighted by Crippen LogP contribution is 2.61. The number of para-hydroxylation sites is 1. The van der Waals surface area contributed by atoms with Crippen molar-refractivity contribution in [3.8, 4) is 5.69 Å². The van der Waals surface area contributed by atoms with Crippen LogP contribution in [0, 0.1) is 23.6 Å². The molecule has 2 aromatic carbocycles. The number of aromatic nitrogens is 4. The first-order valence-electron chi connectivity index (χ1n) is 13.5. The number of carbonyl (C=O) groups excluding carboxylic acids is 1. The summed E-state index contributed by atoms with van der Waals surface area (Å²) in [5.41, 5.74) is 2.59. The van der Waals surface area contributed by atoms with Crippen molar-refractivity contribution >= 4 is 34.9 Å². The minimum absolute atomic E-state index is 0.0772. The zero-order valence-electron chi connectivity index (χ0n) is 21.3. The van der Waals surface area contributed by atoms with E-state index in [9.17, 15) is 9.18 Å². The maximum atomic E-state index is 14.3. The number of hydrogen-bond acceptors (Lipinski definition) is 3. The van der Waals surface area contributed by atoms with Gasteiger partial charge in [0.15, 0.2) is 5.82 Å². The van der Waals surface area contributed by atoms with E-state index in [1.165, 1.54) is 30.0 Å². The summed E-state index contributed by atoms with van der Waals surface area (Å²) in [4.78, 5) is 13.8. The third kappa shape index (κ3) is 4.45. The van der Waals surface area contributed by atoms with E-state index in [1.54, 1.807) is 18.3 Å². The number of benzene rings is 2. The molecular weight excluding hydrogens is 536 g/mol. The highest BCUT2D eigenvalue weighted by Gasteiger charge is 2.54. The van der Waals surface area contributed by atoms with Crippen molar-refractivity contribution in [2.45, 2.75) is 50.5 Å². The van der Waals surface area contributed by atoms with Gasteiger partial charge in [0.25, 0.3) is 5.91 Å². The van der Waals surface area contributed by atoms with E-state index in [-0.39, 0.29) is 28.7 Å². The Kier molecular flexibility index (Phi) is 6.05. The van der Waals surface area contributed by atoms with Gasteiger partial charge in [0.1, 0.15) is 10.8 Å². The van der Waals surface area contributed by atoms with E-state index in [0.717, 1.165) is 30.6 Å². The van der Waals surface area contributed by atoms with Crippen LogP contribution in [0.1, 0.15) is 60.1 Å². The molecule has 9 heteroatoms. The fourth-order valence-electron chi connectivity index (χ4n) is 7.63. The molecule has 0 saturated heterocycles. The van der Waals surface area contributed by atoms with Crippen molar-refractivity contribution in [1.82, 2.24) is 19.6 Å². The SMILES string of the molecule is O=C(Nc1nn(Cc2c(F)cccc2Cl)cc1Cl)c1cn(-c2ccccc2)nc1C12CC3CC(CC(C3)C1)C2. The summed E-state index contributed by atoms with van der Waals surface area (Å²) in [5.74, 6) is 1.64. The number of anilines is 1. The van der Waals surface area contributed by atoms with E-state index in [4.69, 9.17) is 28.3 Å². The Bertz CT molecular complexity index is 1510. The molecule has 1 amide bonds. The third-order valence-electron chi connectivity index (χ3n) is 8.85. The highest BCUT2D eigenvalue weighted by atomic mass is 35.5. The van der Waals surface area contributed by atoms with Gasteiger partial charge in [0.05, 0.1) is 23.5 Å². The van der Waals surface area contributed by atoms with Gasteiger partial charge in [-0.3, -0.25) is 9.48 Å². The molecular formula is C30H28Cl2FN5O. The second kappa shape index (κ2) is 9.49. The normalized spacial score (nSPS) is 25.3. The van der Waals surface area contributed by atoms with Crippen molar-refractivity contribution in [2.24, 2.45) is 17.8 Å². The molecule has 39 heavy (non-hydrogen) atoms. The first kappa shape index (κ1) is 24.9. The minimum Gasteiger partial charge on any atom is -0.304 e. The van der Waals surface area contributed by atoms with E-state index in [1.807, 2.05) is 41.2 Å². The maximum Gasteiger partial charge on any atom is 0.260 e. The monoisotopic (exact) mass is 563 g/mol. The molecule has 6 nitrogen and oxygen atoms in total. The molecule has 0 radical (unpaired) electrons. The van der Waals surface area contributed by atoms with E-state index < -0.39 is 5.82 Å². The molecule has 2 heterocycles. The summed E-state index contributed by atoms with van der Waals surface area (Å²) >= 11 is 12.7. The molecule has 4 aromatic rings. The molecule has 4 saturated carbocycles. The van der Waals surface area contributed by atoms with Gasteiger partial charge in [-0.05, 0) is 80.5 Å². The molecule has 200 valence electrons. The largest absolute Gasteiger partial charge is 0.304 e.